The zero-order valence-corrected chi connectivity index (χ0v) is 15.2. The van der Waals surface area contributed by atoms with E-state index in [0.717, 1.165) is 6.42 Å². The van der Waals surface area contributed by atoms with Gasteiger partial charge in [0.15, 0.2) is 0 Å². The number of benzene rings is 1. The Morgan fingerprint density at radius 2 is 1.70 bits per heavy atom. The lowest BCUT2D eigenvalue weighted by molar-refractivity contribution is 0.220. The van der Waals surface area contributed by atoms with E-state index in [1.54, 1.807) is 0 Å². The highest BCUT2D eigenvalue weighted by atomic mass is 31.2. The normalized spacial score (nSPS) is 12.7. The van der Waals surface area contributed by atoms with E-state index in [1.165, 1.54) is 10.8 Å². The largest absolute Gasteiger partial charge is 0.330 e. The van der Waals surface area contributed by atoms with Crippen LogP contribution >= 0.6 is 7.60 Å². The lowest BCUT2D eigenvalue weighted by Crippen LogP contribution is -2.37. The Labute approximate surface area is 124 Å². The molecule has 0 fully saturated rings. The third-order valence-corrected chi connectivity index (χ3v) is 7.24. The molecule has 1 aromatic carbocycles. The summed E-state index contributed by atoms with van der Waals surface area (Å²) in [5, 5.41) is 1.43. The van der Waals surface area contributed by atoms with Gasteiger partial charge in [-0.25, -0.2) is 0 Å². The minimum atomic E-state index is -2.93. The molecule has 0 aliphatic heterocycles. The maximum Gasteiger partial charge on any atom is 0.330 e. The average Bonchev–Trinajstić information content (AvgIpc) is 2.36. The van der Waals surface area contributed by atoms with Crippen LogP contribution in [0.5, 0.6) is 0 Å². The number of rotatable bonds is 8. The molecule has 3 nitrogen and oxygen atoms in total. The van der Waals surface area contributed by atoms with Gasteiger partial charge in [-0.1, -0.05) is 49.1 Å². The number of aryl methyl sites for hydroxylation is 1. The van der Waals surface area contributed by atoms with Gasteiger partial charge >= 0.3 is 7.60 Å². The predicted molar refractivity (Wildman–Crippen MR) is 88.9 cm³/mol. The first-order chi connectivity index (χ1) is 9.30. The van der Waals surface area contributed by atoms with Crippen LogP contribution in [0.1, 0.15) is 19.4 Å². The molecule has 0 aliphatic carbocycles. The van der Waals surface area contributed by atoms with E-state index in [2.05, 4.69) is 43.9 Å². The molecule has 0 aliphatic rings. The van der Waals surface area contributed by atoms with Crippen molar-refractivity contribution in [3.8, 4) is 0 Å². The highest BCUT2D eigenvalue weighted by molar-refractivity contribution is 7.53. The van der Waals surface area contributed by atoms with Gasteiger partial charge in [0.2, 0.25) is 0 Å². The van der Waals surface area contributed by atoms with Crippen LogP contribution in [0.4, 0.5) is 0 Å². The second-order valence-electron chi connectivity index (χ2n) is 5.87. The molecule has 0 spiro atoms. The molecule has 114 valence electrons. The van der Waals surface area contributed by atoms with E-state index in [9.17, 15) is 4.57 Å². The van der Waals surface area contributed by atoms with Crippen LogP contribution in [0.3, 0.4) is 0 Å². The molecule has 0 saturated carbocycles. The fraction of sp³-hybridized carbons (Fsp3) is 0.600. The van der Waals surface area contributed by atoms with Gasteiger partial charge in [0.25, 0.3) is 0 Å². The maximum atomic E-state index is 12.4. The minimum absolute atomic E-state index is 0.423. The van der Waals surface area contributed by atoms with Crippen molar-refractivity contribution < 1.29 is 13.6 Å². The van der Waals surface area contributed by atoms with Crippen molar-refractivity contribution in [1.29, 1.82) is 0 Å². The summed E-state index contributed by atoms with van der Waals surface area (Å²) in [4.78, 5) is 0. The van der Waals surface area contributed by atoms with Gasteiger partial charge in [-0.15, -0.1) is 0 Å². The van der Waals surface area contributed by atoms with Gasteiger partial charge in [0, 0.05) is 0 Å². The van der Waals surface area contributed by atoms with Gasteiger partial charge < -0.3 is 9.05 Å². The molecule has 0 radical (unpaired) electrons. The second-order valence-corrected chi connectivity index (χ2v) is 13.1. The van der Waals surface area contributed by atoms with Crippen LogP contribution < -0.4 is 5.19 Å². The fourth-order valence-electron chi connectivity index (χ4n) is 2.02. The Balaban J connectivity index is 2.76. The highest BCUT2D eigenvalue weighted by Gasteiger charge is 2.23. The minimum Gasteiger partial charge on any atom is -0.309 e. The molecular formula is C15H27O3PSi. The third-order valence-electron chi connectivity index (χ3n) is 3.12. The first-order valence-corrected chi connectivity index (χ1v) is 12.5. The van der Waals surface area contributed by atoms with Gasteiger partial charge in [-0.3, -0.25) is 4.57 Å². The zero-order chi connectivity index (χ0) is 15.2. The van der Waals surface area contributed by atoms with Crippen molar-refractivity contribution in [3.05, 3.63) is 29.8 Å². The standard InChI is InChI=1S/C15H27O3PSi/c1-6-17-19(16,18-7-2)12-11-14-9-8-10-15(13-14)20(3,4)5/h8-10,13H,6-7,11-12H2,1-5H3. The average molecular weight is 314 g/mol. The predicted octanol–water partition coefficient (Wildman–Crippen LogP) is 4.04. The summed E-state index contributed by atoms with van der Waals surface area (Å²) in [5.41, 5.74) is 1.21. The van der Waals surface area contributed by atoms with E-state index in [1.807, 2.05) is 13.8 Å². The zero-order valence-electron chi connectivity index (χ0n) is 13.3. The molecule has 1 rings (SSSR count). The Hall–Kier alpha value is -0.413. The molecule has 0 saturated heterocycles. The molecule has 0 aromatic heterocycles. The van der Waals surface area contributed by atoms with Crippen molar-refractivity contribution in [1.82, 2.24) is 0 Å². The van der Waals surface area contributed by atoms with Crippen molar-refractivity contribution >= 4 is 20.9 Å². The third kappa shape index (κ3) is 5.53. The van der Waals surface area contributed by atoms with Crippen LogP contribution in [-0.4, -0.2) is 27.4 Å². The summed E-state index contributed by atoms with van der Waals surface area (Å²) in [6.45, 7) is 11.5. The van der Waals surface area contributed by atoms with Crippen LogP contribution in [0.2, 0.25) is 19.6 Å². The SMILES string of the molecule is CCOP(=O)(CCc1cccc([Si](C)(C)C)c1)OCC. The van der Waals surface area contributed by atoms with E-state index in [-0.39, 0.29) is 0 Å². The number of hydrogen-bond acceptors (Lipinski definition) is 3. The molecular weight excluding hydrogens is 287 g/mol. The maximum absolute atomic E-state index is 12.4. The Morgan fingerprint density at radius 3 is 2.20 bits per heavy atom. The van der Waals surface area contributed by atoms with Crippen LogP contribution in [0.15, 0.2) is 24.3 Å². The first-order valence-electron chi connectivity index (χ1n) is 7.28. The molecule has 20 heavy (non-hydrogen) atoms. The van der Waals surface area contributed by atoms with Crippen LogP contribution in [0, 0.1) is 0 Å². The van der Waals surface area contributed by atoms with Crippen molar-refractivity contribution in [2.75, 3.05) is 19.4 Å². The Kier molecular flexibility index (Phi) is 6.66. The fourth-order valence-corrected chi connectivity index (χ4v) is 4.89. The quantitative estimate of drug-likeness (QED) is 0.536. The number of hydrogen-bond donors (Lipinski definition) is 0. The van der Waals surface area contributed by atoms with Gasteiger partial charge in [0.1, 0.15) is 0 Å². The molecule has 5 heteroatoms. The van der Waals surface area contributed by atoms with Crippen LogP contribution in [-0.2, 0) is 20.0 Å². The summed E-state index contributed by atoms with van der Waals surface area (Å²) in [7, 11) is -4.23. The smallest absolute Gasteiger partial charge is 0.309 e. The molecule has 0 unspecified atom stereocenters. The van der Waals surface area contributed by atoms with Crippen molar-refractivity contribution in [2.24, 2.45) is 0 Å². The lowest BCUT2D eigenvalue weighted by atomic mass is 10.2. The van der Waals surface area contributed by atoms with Crippen LogP contribution in [0.25, 0.3) is 0 Å². The van der Waals surface area contributed by atoms with Crippen molar-refractivity contribution in [2.45, 2.75) is 39.9 Å². The Morgan fingerprint density at radius 1 is 1.10 bits per heavy atom. The molecule has 1 aromatic rings. The monoisotopic (exact) mass is 314 g/mol. The van der Waals surface area contributed by atoms with Gasteiger partial charge in [-0.2, -0.15) is 0 Å². The summed E-state index contributed by atoms with van der Waals surface area (Å²) < 4.78 is 23.1. The lowest BCUT2D eigenvalue weighted by Gasteiger charge is -2.19. The highest BCUT2D eigenvalue weighted by Crippen LogP contribution is 2.48. The second kappa shape index (κ2) is 7.55. The summed E-state index contributed by atoms with van der Waals surface area (Å²) >= 11 is 0. The Bertz CT molecular complexity index is 458. The topological polar surface area (TPSA) is 35.5 Å². The molecule has 0 N–H and O–H groups in total. The van der Waals surface area contributed by atoms with E-state index in [0.29, 0.717) is 19.4 Å². The van der Waals surface area contributed by atoms with Crippen molar-refractivity contribution in [3.63, 3.8) is 0 Å². The van der Waals surface area contributed by atoms with Gasteiger partial charge in [-0.05, 0) is 25.8 Å². The van der Waals surface area contributed by atoms with E-state index in [4.69, 9.17) is 9.05 Å². The molecule has 0 amide bonds. The first kappa shape index (κ1) is 17.6. The molecule has 0 bridgehead atoms. The molecule has 0 atom stereocenters. The summed E-state index contributed by atoms with van der Waals surface area (Å²) in [6, 6.07) is 8.62. The van der Waals surface area contributed by atoms with E-state index >= 15 is 0 Å². The van der Waals surface area contributed by atoms with Gasteiger partial charge in [0.05, 0.1) is 27.4 Å². The summed E-state index contributed by atoms with van der Waals surface area (Å²) in [5.74, 6) is 0. The van der Waals surface area contributed by atoms with E-state index < -0.39 is 15.7 Å². The molecule has 0 heterocycles. The summed E-state index contributed by atoms with van der Waals surface area (Å²) in [6.07, 6.45) is 1.18.